The number of benzene rings is 1. The lowest BCUT2D eigenvalue weighted by Crippen LogP contribution is -3.18. The van der Waals surface area contributed by atoms with Gasteiger partial charge in [0, 0.05) is 5.02 Å². The van der Waals surface area contributed by atoms with Crippen molar-refractivity contribution < 1.29 is 14.4 Å². The van der Waals surface area contributed by atoms with Gasteiger partial charge >= 0.3 is 0 Å². The van der Waals surface area contributed by atoms with Crippen molar-refractivity contribution in [3.8, 4) is 5.75 Å². The Labute approximate surface area is 132 Å². The maximum atomic E-state index is 12.2. The van der Waals surface area contributed by atoms with Crippen molar-refractivity contribution in [3.63, 3.8) is 0 Å². The molecule has 0 spiro atoms. The third kappa shape index (κ3) is 5.21. The molecule has 1 amide bonds. The van der Waals surface area contributed by atoms with E-state index in [1.807, 2.05) is 0 Å². The zero-order valence-electron chi connectivity index (χ0n) is 13.5. The average Bonchev–Trinajstić information content (AvgIpc) is 2.42. The van der Waals surface area contributed by atoms with E-state index in [0.29, 0.717) is 35.0 Å². The molecule has 4 nitrogen and oxygen atoms in total. The summed E-state index contributed by atoms with van der Waals surface area (Å²) in [7, 11) is 1.55. The Bertz CT molecular complexity index is 467. The molecule has 21 heavy (non-hydrogen) atoms. The number of amides is 1. The van der Waals surface area contributed by atoms with Gasteiger partial charge in [0.05, 0.1) is 37.8 Å². The van der Waals surface area contributed by atoms with Crippen LogP contribution in [0.3, 0.4) is 0 Å². The van der Waals surface area contributed by atoms with Crippen LogP contribution in [0, 0.1) is 0 Å². The van der Waals surface area contributed by atoms with E-state index in [1.165, 1.54) is 4.90 Å². The molecule has 0 aromatic heterocycles. The number of carbonyl (C=O) groups excluding carboxylic acids is 1. The van der Waals surface area contributed by atoms with E-state index in [0.717, 1.165) is 6.54 Å². The lowest BCUT2D eigenvalue weighted by Gasteiger charge is -2.27. The summed E-state index contributed by atoms with van der Waals surface area (Å²) in [4.78, 5) is 13.7. The summed E-state index contributed by atoms with van der Waals surface area (Å²) in [5.41, 5.74) is 0.473. The first-order valence-corrected chi connectivity index (χ1v) is 7.72. The third-order valence-electron chi connectivity index (χ3n) is 3.59. The van der Waals surface area contributed by atoms with Gasteiger partial charge in [-0.25, -0.2) is 0 Å². The van der Waals surface area contributed by atoms with Crippen molar-refractivity contribution in [2.45, 2.75) is 39.8 Å². The second-order valence-corrected chi connectivity index (χ2v) is 6.17. The summed E-state index contributed by atoms with van der Waals surface area (Å²) < 4.78 is 5.20. The van der Waals surface area contributed by atoms with Crippen LogP contribution in [0.4, 0.5) is 0 Å². The lowest BCUT2D eigenvalue weighted by molar-refractivity contribution is -0.941. The molecule has 118 valence electrons. The minimum atomic E-state index is -0.152. The van der Waals surface area contributed by atoms with Crippen molar-refractivity contribution in [1.29, 1.82) is 0 Å². The molecular formula is C16H26ClN2O2+. The highest BCUT2D eigenvalue weighted by molar-refractivity contribution is 6.31. The Hall–Kier alpha value is -1.26. The van der Waals surface area contributed by atoms with Crippen LogP contribution in [0.15, 0.2) is 18.2 Å². The van der Waals surface area contributed by atoms with Gasteiger partial charge in [-0.2, -0.15) is 0 Å². The van der Waals surface area contributed by atoms with Gasteiger partial charge in [0.1, 0.15) is 5.75 Å². The van der Waals surface area contributed by atoms with E-state index in [-0.39, 0.29) is 5.91 Å². The molecule has 0 bridgehead atoms. The van der Waals surface area contributed by atoms with Gasteiger partial charge in [-0.05, 0) is 45.9 Å². The number of nitrogens with one attached hydrogen (secondary N) is 2. The second-order valence-electron chi connectivity index (χ2n) is 5.73. The number of halogens is 1. The van der Waals surface area contributed by atoms with Crippen molar-refractivity contribution in [2.75, 3.05) is 20.2 Å². The fourth-order valence-electron chi connectivity index (χ4n) is 2.52. The van der Waals surface area contributed by atoms with Crippen LogP contribution in [0.1, 0.15) is 38.1 Å². The average molecular weight is 314 g/mol. The van der Waals surface area contributed by atoms with E-state index in [9.17, 15) is 4.79 Å². The molecule has 0 radical (unpaired) electrons. The van der Waals surface area contributed by atoms with E-state index < -0.39 is 0 Å². The van der Waals surface area contributed by atoms with Gasteiger partial charge in [-0.1, -0.05) is 11.6 Å². The summed E-state index contributed by atoms with van der Waals surface area (Å²) in [6.45, 7) is 10.3. The smallest absolute Gasteiger partial charge is 0.255 e. The summed E-state index contributed by atoms with van der Waals surface area (Å²) in [5, 5.41) is 3.47. The quantitative estimate of drug-likeness (QED) is 0.806. The topological polar surface area (TPSA) is 42.8 Å². The molecule has 0 aliphatic heterocycles. The molecule has 1 aromatic rings. The largest absolute Gasteiger partial charge is 0.496 e. The first-order chi connectivity index (χ1) is 9.86. The molecule has 0 atom stereocenters. The third-order valence-corrected chi connectivity index (χ3v) is 3.82. The number of carbonyl (C=O) groups is 1. The fraction of sp³-hybridized carbons (Fsp3) is 0.562. The number of methoxy groups -OCH3 is 1. The lowest BCUT2D eigenvalue weighted by atomic mass is 10.2. The molecule has 0 saturated heterocycles. The van der Waals surface area contributed by atoms with Gasteiger partial charge in [-0.3, -0.25) is 4.79 Å². The molecule has 1 rings (SSSR count). The van der Waals surface area contributed by atoms with E-state index in [4.69, 9.17) is 16.3 Å². The maximum absolute atomic E-state index is 12.2. The maximum Gasteiger partial charge on any atom is 0.255 e. The molecule has 0 heterocycles. The van der Waals surface area contributed by atoms with Crippen LogP contribution in [-0.4, -0.2) is 38.2 Å². The predicted molar refractivity (Wildman–Crippen MR) is 86.4 cm³/mol. The first-order valence-electron chi connectivity index (χ1n) is 7.34. The van der Waals surface area contributed by atoms with Gasteiger partial charge < -0.3 is 15.0 Å². The number of rotatable bonds is 7. The zero-order valence-corrected chi connectivity index (χ0v) is 14.3. The van der Waals surface area contributed by atoms with Crippen LogP contribution in [0.5, 0.6) is 5.75 Å². The minimum Gasteiger partial charge on any atom is -0.496 e. The Morgan fingerprint density at radius 1 is 1.29 bits per heavy atom. The summed E-state index contributed by atoms with van der Waals surface area (Å²) in [6.07, 6.45) is 0. The highest BCUT2D eigenvalue weighted by Gasteiger charge is 2.18. The van der Waals surface area contributed by atoms with Crippen LogP contribution < -0.4 is 15.0 Å². The number of hydrogen-bond acceptors (Lipinski definition) is 2. The second kappa shape index (κ2) is 8.25. The Morgan fingerprint density at radius 3 is 2.43 bits per heavy atom. The normalized spacial score (nSPS) is 11.3. The first kappa shape index (κ1) is 17.8. The summed E-state index contributed by atoms with van der Waals surface area (Å²) in [6, 6.07) is 6.10. The number of hydrogen-bond donors (Lipinski definition) is 2. The highest BCUT2D eigenvalue weighted by atomic mass is 35.5. The number of quaternary nitrogens is 1. The predicted octanol–water partition coefficient (Wildman–Crippen LogP) is 1.78. The summed E-state index contributed by atoms with van der Waals surface area (Å²) in [5.74, 6) is 0.384. The fourth-order valence-corrected chi connectivity index (χ4v) is 2.69. The molecular weight excluding hydrogens is 288 g/mol. The Kier molecular flexibility index (Phi) is 6.99. The van der Waals surface area contributed by atoms with Gasteiger partial charge in [0.25, 0.3) is 5.91 Å². The van der Waals surface area contributed by atoms with Crippen LogP contribution in [-0.2, 0) is 0 Å². The molecule has 5 heteroatoms. The Morgan fingerprint density at radius 2 is 1.90 bits per heavy atom. The van der Waals surface area contributed by atoms with Crippen molar-refractivity contribution >= 4 is 17.5 Å². The van der Waals surface area contributed by atoms with Gasteiger partial charge in [-0.15, -0.1) is 0 Å². The SMILES string of the molecule is COc1ccc(Cl)cc1C(=O)NCC[NH+](C(C)C)C(C)C. The molecule has 0 fully saturated rings. The minimum absolute atomic E-state index is 0.152. The van der Waals surface area contributed by atoms with Crippen molar-refractivity contribution in [3.05, 3.63) is 28.8 Å². The molecule has 0 saturated carbocycles. The molecule has 2 N–H and O–H groups in total. The molecule has 0 aliphatic carbocycles. The summed E-state index contributed by atoms with van der Waals surface area (Å²) >= 11 is 5.95. The van der Waals surface area contributed by atoms with E-state index in [2.05, 4.69) is 33.0 Å². The Balaban J connectivity index is 2.64. The van der Waals surface area contributed by atoms with Crippen LogP contribution in [0.25, 0.3) is 0 Å². The van der Waals surface area contributed by atoms with E-state index >= 15 is 0 Å². The van der Waals surface area contributed by atoms with Crippen molar-refractivity contribution in [1.82, 2.24) is 5.32 Å². The molecule has 0 aliphatic rings. The zero-order chi connectivity index (χ0) is 16.0. The monoisotopic (exact) mass is 313 g/mol. The van der Waals surface area contributed by atoms with Gasteiger partial charge in [0.2, 0.25) is 0 Å². The molecule has 0 unspecified atom stereocenters. The standard InChI is InChI=1S/C16H25ClN2O2/c1-11(2)19(12(3)4)9-8-18-16(20)14-10-13(17)6-7-15(14)21-5/h6-7,10-12H,8-9H2,1-5H3,(H,18,20)/p+1. The molecule has 1 aromatic carbocycles. The number of ether oxygens (including phenoxy) is 1. The van der Waals surface area contributed by atoms with E-state index in [1.54, 1.807) is 25.3 Å². The van der Waals surface area contributed by atoms with Crippen molar-refractivity contribution in [2.24, 2.45) is 0 Å². The van der Waals surface area contributed by atoms with Crippen LogP contribution >= 0.6 is 11.6 Å². The van der Waals surface area contributed by atoms with Crippen LogP contribution in [0.2, 0.25) is 5.02 Å². The van der Waals surface area contributed by atoms with Gasteiger partial charge in [0.15, 0.2) is 0 Å². The highest BCUT2D eigenvalue weighted by Crippen LogP contribution is 2.22.